The van der Waals surface area contributed by atoms with Crippen LogP contribution >= 0.6 is 0 Å². The highest BCUT2D eigenvalue weighted by atomic mass is 16.4. The lowest BCUT2D eigenvalue weighted by molar-refractivity contribution is 0.243. The van der Waals surface area contributed by atoms with Crippen LogP contribution in [0.2, 0.25) is 0 Å². The van der Waals surface area contributed by atoms with E-state index in [4.69, 9.17) is 4.42 Å². The molecule has 0 radical (unpaired) electrons. The first kappa shape index (κ1) is 14.5. The summed E-state index contributed by atoms with van der Waals surface area (Å²) in [5.74, 6) is 0.510. The van der Waals surface area contributed by atoms with E-state index in [9.17, 15) is 9.59 Å². The maximum absolute atomic E-state index is 12.2. The summed E-state index contributed by atoms with van der Waals surface area (Å²) in [4.78, 5) is 27.8. The Bertz CT molecular complexity index is 969. The summed E-state index contributed by atoms with van der Waals surface area (Å²) < 4.78 is 8.34. The van der Waals surface area contributed by atoms with Crippen LogP contribution in [0, 0.1) is 0 Å². The van der Waals surface area contributed by atoms with Crippen molar-refractivity contribution in [3.63, 3.8) is 0 Å². The van der Waals surface area contributed by atoms with Crippen LogP contribution in [0.4, 0.5) is 10.5 Å². The fraction of sp³-hybridized carbons (Fsp3) is 0.333. The van der Waals surface area contributed by atoms with Crippen LogP contribution < -0.4 is 16.4 Å². The first-order valence-corrected chi connectivity index (χ1v) is 7.64. The van der Waals surface area contributed by atoms with E-state index in [2.05, 4.69) is 20.7 Å². The van der Waals surface area contributed by atoms with Crippen molar-refractivity contribution in [2.24, 2.45) is 7.05 Å². The maximum Gasteiger partial charge on any atom is 0.419 e. The van der Waals surface area contributed by atoms with Crippen molar-refractivity contribution in [1.29, 1.82) is 0 Å². The van der Waals surface area contributed by atoms with E-state index in [0.29, 0.717) is 23.3 Å². The Labute approximate surface area is 136 Å². The molecule has 9 nitrogen and oxygen atoms in total. The Hall–Kier alpha value is -3.10. The van der Waals surface area contributed by atoms with Gasteiger partial charge in [0.1, 0.15) is 12.2 Å². The van der Waals surface area contributed by atoms with Crippen molar-refractivity contribution in [3.05, 3.63) is 40.9 Å². The minimum atomic E-state index is -0.433. The smallest absolute Gasteiger partial charge is 0.408 e. The largest absolute Gasteiger partial charge is 0.419 e. The molecule has 1 aliphatic heterocycles. The van der Waals surface area contributed by atoms with Crippen LogP contribution in [0.3, 0.4) is 0 Å². The summed E-state index contributed by atoms with van der Waals surface area (Å²) in [5, 5.41) is 9.82. The topological polar surface area (TPSA) is 107 Å². The molecule has 4 rings (SSSR count). The van der Waals surface area contributed by atoms with Crippen LogP contribution in [0.25, 0.3) is 11.1 Å². The molecule has 0 spiro atoms. The molecule has 1 aliphatic rings. The van der Waals surface area contributed by atoms with Gasteiger partial charge in [0.25, 0.3) is 0 Å². The second kappa shape index (κ2) is 5.52. The fourth-order valence-corrected chi connectivity index (χ4v) is 2.92. The van der Waals surface area contributed by atoms with E-state index in [0.717, 1.165) is 18.7 Å². The number of aromatic nitrogens is 4. The number of amides is 2. The molecule has 9 heteroatoms. The molecule has 0 saturated heterocycles. The number of urea groups is 1. The quantitative estimate of drug-likeness (QED) is 0.725. The number of anilines is 1. The van der Waals surface area contributed by atoms with Crippen LogP contribution in [-0.2, 0) is 20.0 Å². The number of carbonyl (C=O) groups excluding carboxylic acids is 1. The van der Waals surface area contributed by atoms with E-state index in [1.165, 1.54) is 10.9 Å². The van der Waals surface area contributed by atoms with Gasteiger partial charge in [0.15, 0.2) is 5.58 Å². The second-order valence-corrected chi connectivity index (χ2v) is 5.80. The molecule has 2 amide bonds. The lowest BCUT2D eigenvalue weighted by Crippen LogP contribution is -2.43. The van der Waals surface area contributed by atoms with Gasteiger partial charge >= 0.3 is 11.8 Å². The summed E-state index contributed by atoms with van der Waals surface area (Å²) in [7, 11) is 1.63. The second-order valence-electron chi connectivity index (χ2n) is 5.80. The van der Waals surface area contributed by atoms with Gasteiger partial charge in [-0.25, -0.2) is 19.3 Å². The third kappa shape index (κ3) is 2.53. The van der Waals surface area contributed by atoms with Gasteiger partial charge in [-0.1, -0.05) is 0 Å². The van der Waals surface area contributed by atoms with Gasteiger partial charge in [0, 0.05) is 25.2 Å². The number of nitrogens with one attached hydrogen (secondary N) is 2. The van der Waals surface area contributed by atoms with E-state index >= 15 is 0 Å². The van der Waals surface area contributed by atoms with Gasteiger partial charge in [-0.15, -0.1) is 0 Å². The minimum Gasteiger partial charge on any atom is -0.408 e. The average molecular weight is 328 g/mol. The fourth-order valence-electron chi connectivity index (χ4n) is 2.92. The minimum absolute atomic E-state index is 0.00223. The van der Waals surface area contributed by atoms with Crippen molar-refractivity contribution < 1.29 is 9.21 Å². The summed E-state index contributed by atoms with van der Waals surface area (Å²) in [6.45, 7) is 0.606. The lowest BCUT2D eigenvalue weighted by Gasteiger charge is -2.23. The van der Waals surface area contributed by atoms with Crippen molar-refractivity contribution in [3.8, 4) is 0 Å². The van der Waals surface area contributed by atoms with Crippen LogP contribution in [0.15, 0.2) is 33.7 Å². The van der Waals surface area contributed by atoms with Gasteiger partial charge in [0.2, 0.25) is 0 Å². The molecule has 0 unspecified atom stereocenters. The Morgan fingerprint density at radius 2 is 2.29 bits per heavy atom. The maximum atomic E-state index is 12.2. The molecular weight excluding hydrogens is 312 g/mol. The lowest BCUT2D eigenvalue weighted by atomic mass is 10.1. The van der Waals surface area contributed by atoms with Crippen molar-refractivity contribution >= 4 is 22.8 Å². The molecule has 0 bridgehead atoms. The summed E-state index contributed by atoms with van der Waals surface area (Å²) in [6, 6.07) is 4.79. The Morgan fingerprint density at radius 3 is 3.17 bits per heavy atom. The highest BCUT2D eigenvalue weighted by Gasteiger charge is 2.21. The number of fused-ring (bicyclic) bond motifs is 2. The number of aryl methyl sites for hydroxylation is 2. The molecule has 1 atom stereocenters. The normalized spacial score (nSPS) is 16.8. The average Bonchev–Trinajstić information content (AvgIpc) is 3.12. The van der Waals surface area contributed by atoms with Crippen molar-refractivity contribution in [2.45, 2.75) is 25.4 Å². The molecule has 0 aliphatic carbocycles. The first-order valence-electron chi connectivity index (χ1n) is 7.64. The van der Waals surface area contributed by atoms with E-state index in [-0.39, 0.29) is 12.1 Å². The molecule has 1 aromatic carbocycles. The number of nitrogens with zero attached hydrogens (tertiary/aromatic N) is 4. The Kier molecular flexibility index (Phi) is 3.33. The number of benzene rings is 1. The number of hydrogen-bond donors (Lipinski definition) is 2. The van der Waals surface area contributed by atoms with Gasteiger partial charge in [-0.05, 0) is 18.6 Å². The monoisotopic (exact) mass is 328 g/mol. The number of oxazole rings is 1. The summed E-state index contributed by atoms with van der Waals surface area (Å²) in [6.07, 6.45) is 3.13. The summed E-state index contributed by atoms with van der Waals surface area (Å²) >= 11 is 0. The number of hydrogen-bond acceptors (Lipinski definition) is 5. The van der Waals surface area contributed by atoms with Gasteiger partial charge in [0.05, 0.1) is 18.1 Å². The van der Waals surface area contributed by atoms with E-state index < -0.39 is 5.76 Å². The molecule has 2 N–H and O–H groups in total. The molecule has 24 heavy (non-hydrogen) atoms. The zero-order valence-electron chi connectivity index (χ0n) is 13.0. The van der Waals surface area contributed by atoms with Gasteiger partial charge < -0.3 is 15.1 Å². The molecule has 2 aromatic heterocycles. The summed E-state index contributed by atoms with van der Waals surface area (Å²) in [5.41, 5.74) is 1.67. The zero-order chi connectivity index (χ0) is 16.7. The third-order valence-corrected chi connectivity index (χ3v) is 4.19. The van der Waals surface area contributed by atoms with E-state index in [1.54, 1.807) is 29.9 Å². The predicted molar refractivity (Wildman–Crippen MR) is 85.7 cm³/mol. The van der Waals surface area contributed by atoms with Gasteiger partial charge in [-0.2, -0.15) is 5.10 Å². The highest BCUT2D eigenvalue weighted by Crippen LogP contribution is 2.18. The zero-order valence-corrected chi connectivity index (χ0v) is 13.0. The van der Waals surface area contributed by atoms with Gasteiger partial charge in [-0.3, -0.25) is 4.57 Å². The molecule has 124 valence electrons. The van der Waals surface area contributed by atoms with E-state index in [1.807, 2.05) is 0 Å². The van der Waals surface area contributed by atoms with Crippen molar-refractivity contribution in [2.75, 3.05) is 5.32 Å². The third-order valence-electron chi connectivity index (χ3n) is 4.19. The Balaban J connectivity index is 1.44. The van der Waals surface area contributed by atoms with Crippen LogP contribution in [0.5, 0.6) is 0 Å². The molecule has 3 heterocycles. The number of rotatable bonds is 2. The predicted octanol–water partition coefficient (Wildman–Crippen LogP) is 0.859. The highest BCUT2D eigenvalue weighted by molar-refractivity contribution is 5.91. The van der Waals surface area contributed by atoms with Crippen molar-refractivity contribution in [1.82, 2.24) is 24.6 Å². The molecule has 0 saturated carbocycles. The molecule has 3 aromatic rings. The van der Waals surface area contributed by atoms with Crippen LogP contribution in [-0.4, -0.2) is 31.4 Å². The molecular formula is C15H16N6O3. The standard InChI is InChI=1S/C15H16N6O3/c1-20-11-4-2-9(6-12(11)24-15(20)23)18-14(22)19-10-3-5-13-16-8-17-21(13)7-10/h2,4,6,8,10H,3,5,7H2,1H3,(H2,18,19,22)/t10-/m1/s1. The SMILES string of the molecule is Cn1c(=O)oc2cc(NC(=O)N[C@@H]3CCc4ncnn4C3)ccc21. The number of carbonyl (C=O) groups is 1. The molecule has 0 fully saturated rings. The Morgan fingerprint density at radius 1 is 1.42 bits per heavy atom. The van der Waals surface area contributed by atoms with Crippen LogP contribution in [0.1, 0.15) is 12.2 Å². The first-order chi connectivity index (χ1) is 11.6.